The smallest absolute Gasteiger partial charge is 0.142 e. The van der Waals surface area contributed by atoms with Crippen LogP contribution in [-0.4, -0.2) is 12.8 Å². The molecule has 3 rings (SSSR count). The first-order valence-corrected chi connectivity index (χ1v) is 6.62. The van der Waals surface area contributed by atoms with E-state index in [9.17, 15) is 0 Å². The summed E-state index contributed by atoms with van der Waals surface area (Å²) in [7, 11) is 5.76. The zero-order chi connectivity index (χ0) is 13.9. The lowest BCUT2D eigenvalue weighted by molar-refractivity contribution is 1.33. The molecule has 0 aliphatic heterocycles. The number of rotatable bonds is 2. The van der Waals surface area contributed by atoms with Crippen molar-refractivity contribution in [2.24, 2.45) is 0 Å². The fourth-order valence-electron chi connectivity index (χ4n) is 2.23. The predicted octanol–water partition coefficient (Wildman–Crippen LogP) is 3.52. The molecular weight excluding hydrogens is 241 g/mol. The van der Waals surface area contributed by atoms with Gasteiger partial charge in [-0.15, -0.1) is 0 Å². The first-order chi connectivity index (χ1) is 9.74. The van der Waals surface area contributed by atoms with Gasteiger partial charge in [0.05, 0.1) is 0 Å². The Balaban J connectivity index is 1.95. The van der Waals surface area contributed by atoms with E-state index >= 15 is 0 Å². The molecule has 0 aliphatic carbocycles. The summed E-state index contributed by atoms with van der Waals surface area (Å²) in [4.78, 5) is 4.21. The van der Waals surface area contributed by atoms with Gasteiger partial charge in [0.2, 0.25) is 0 Å². The summed E-state index contributed by atoms with van der Waals surface area (Å²) in [6.45, 7) is 1.98. The van der Waals surface area contributed by atoms with Gasteiger partial charge in [-0.3, -0.25) is 4.98 Å². The molecule has 1 aromatic heterocycles. The van der Waals surface area contributed by atoms with E-state index in [0.717, 1.165) is 16.7 Å². The highest BCUT2D eigenvalue weighted by Gasteiger charge is 2.02. The van der Waals surface area contributed by atoms with Crippen molar-refractivity contribution >= 4 is 13.4 Å². The van der Waals surface area contributed by atoms with Crippen molar-refractivity contribution in [3.8, 4) is 22.3 Å². The maximum absolute atomic E-state index is 5.76. The summed E-state index contributed by atoms with van der Waals surface area (Å²) in [6, 6.07) is 20.9. The third-order valence-electron chi connectivity index (χ3n) is 3.44. The van der Waals surface area contributed by atoms with Crippen LogP contribution in [0.5, 0.6) is 0 Å². The zero-order valence-corrected chi connectivity index (χ0v) is 11.4. The first kappa shape index (κ1) is 12.7. The summed E-state index contributed by atoms with van der Waals surface area (Å²) in [5, 5.41) is 0. The van der Waals surface area contributed by atoms with Gasteiger partial charge in [-0.25, -0.2) is 0 Å². The molecule has 0 spiro atoms. The number of hydrogen-bond acceptors (Lipinski definition) is 1. The van der Waals surface area contributed by atoms with E-state index in [1.807, 2.05) is 19.2 Å². The van der Waals surface area contributed by atoms with Crippen LogP contribution in [-0.2, 0) is 0 Å². The van der Waals surface area contributed by atoms with E-state index in [2.05, 4.69) is 59.6 Å². The SMILES string of the molecule is [B]c1ncc(-c2ccc(-c3ccccc3)cc2)cc1C. The second-order valence-electron chi connectivity index (χ2n) is 4.87. The van der Waals surface area contributed by atoms with Crippen LogP contribution in [0.1, 0.15) is 5.56 Å². The Bertz CT molecular complexity index is 718. The molecule has 2 heteroatoms. The molecule has 94 valence electrons. The summed E-state index contributed by atoms with van der Waals surface area (Å²) < 4.78 is 0. The minimum absolute atomic E-state index is 0.592. The molecule has 0 saturated carbocycles. The van der Waals surface area contributed by atoms with Crippen LogP contribution in [0.25, 0.3) is 22.3 Å². The molecule has 0 bridgehead atoms. The van der Waals surface area contributed by atoms with Crippen molar-refractivity contribution in [3.05, 3.63) is 72.4 Å². The molecule has 0 fully saturated rings. The Morgan fingerprint density at radius 3 is 1.90 bits per heavy atom. The second kappa shape index (κ2) is 5.34. The van der Waals surface area contributed by atoms with Crippen LogP contribution in [0.2, 0.25) is 0 Å². The lowest BCUT2D eigenvalue weighted by atomic mass is 9.95. The molecule has 0 atom stereocenters. The lowest BCUT2D eigenvalue weighted by Gasteiger charge is -2.07. The standard InChI is InChI=1S/C18H14BN/c1-13-11-17(12-20-18(13)19)16-9-7-15(8-10-16)14-5-3-2-4-6-14/h2-12H,1H3. The largest absolute Gasteiger partial charge is 0.272 e. The number of benzene rings is 2. The van der Waals surface area contributed by atoms with Crippen LogP contribution in [0, 0.1) is 6.92 Å². The highest BCUT2D eigenvalue weighted by molar-refractivity contribution is 6.31. The number of aromatic nitrogens is 1. The molecular formula is C18H14BN. The second-order valence-corrected chi connectivity index (χ2v) is 4.87. The van der Waals surface area contributed by atoms with Gasteiger partial charge >= 0.3 is 0 Å². The molecule has 1 nitrogen and oxygen atoms in total. The van der Waals surface area contributed by atoms with Crippen molar-refractivity contribution in [3.63, 3.8) is 0 Å². The lowest BCUT2D eigenvalue weighted by Crippen LogP contribution is -2.11. The van der Waals surface area contributed by atoms with Crippen LogP contribution < -0.4 is 5.59 Å². The quantitative estimate of drug-likeness (QED) is 0.638. The van der Waals surface area contributed by atoms with E-state index in [0.29, 0.717) is 5.59 Å². The topological polar surface area (TPSA) is 12.9 Å². The summed E-state index contributed by atoms with van der Waals surface area (Å²) in [5.74, 6) is 0. The minimum Gasteiger partial charge on any atom is -0.272 e. The Kier molecular flexibility index (Phi) is 3.38. The molecule has 0 amide bonds. The molecule has 2 radical (unpaired) electrons. The van der Waals surface area contributed by atoms with Crippen molar-refractivity contribution in [2.75, 3.05) is 0 Å². The monoisotopic (exact) mass is 255 g/mol. The van der Waals surface area contributed by atoms with E-state index in [1.54, 1.807) is 0 Å². The number of nitrogens with zero attached hydrogens (tertiary/aromatic N) is 1. The van der Waals surface area contributed by atoms with E-state index in [1.165, 1.54) is 11.1 Å². The zero-order valence-electron chi connectivity index (χ0n) is 11.4. The van der Waals surface area contributed by atoms with E-state index < -0.39 is 0 Å². The van der Waals surface area contributed by atoms with Crippen molar-refractivity contribution in [1.82, 2.24) is 4.98 Å². The molecule has 0 unspecified atom stereocenters. The summed E-state index contributed by atoms with van der Waals surface area (Å²) >= 11 is 0. The van der Waals surface area contributed by atoms with Gasteiger partial charge in [0.15, 0.2) is 0 Å². The van der Waals surface area contributed by atoms with Gasteiger partial charge in [-0.05, 0) is 40.8 Å². The van der Waals surface area contributed by atoms with E-state index in [4.69, 9.17) is 7.85 Å². The third-order valence-corrected chi connectivity index (χ3v) is 3.44. The minimum atomic E-state index is 0.592. The highest BCUT2D eigenvalue weighted by Crippen LogP contribution is 2.24. The van der Waals surface area contributed by atoms with Gasteiger partial charge in [0.25, 0.3) is 0 Å². The van der Waals surface area contributed by atoms with Crippen LogP contribution in [0.15, 0.2) is 66.9 Å². The van der Waals surface area contributed by atoms with Gasteiger partial charge in [-0.2, -0.15) is 0 Å². The van der Waals surface area contributed by atoms with Crippen molar-refractivity contribution in [1.29, 1.82) is 0 Å². The van der Waals surface area contributed by atoms with Gasteiger partial charge in [0, 0.05) is 11.8 Å². The molecule has 0 aliphatic rings. The Labute approximate surface area is 120 Å². The number of pyridine rings is 1. The van der Waals surface area contributed by atoms with Crippen molar-refractivity contribution < 1.29 is 0 Å². The molecule has 1 heterocycles. The first-order valence-electron chi connectivity index (χ1n) is 6.62. The fourth-order valence-corrected chi connectivity index (χ4v) is 2.23. The van der Waals surface area contributed by atoms with Gasteiger partial charge < -0.3 is 0 Å². The van der Waals surface area contributed by atoms with Crippen LogP contribution in [0.4, 0.5) is 0 Å². The Hall–Kier alpha value is -2.35. The average Bonchev–Trinajstić information content (AvgIpc) is 2.51. The van der Waals surface area contributed by atoms with Crippen LogP contribution in [0.3, 0.4) is 0 Å². The summed E-state index contributed by atoms with van der Waals surface area (Å²) in [6.07, 6.45) is 1.82. The maximum atomic E-state index is 5.76. The van der Waals surface area contributed by atoms with Gasteiger partial charge in [-0.1, -0.05) is 54.6 Å². The highest BCUT2D eigenvalue weighted by atomic mass is 14.6. The fraction of sp³-hybridized carbons (Fsp3) is 0.0556. The average molecular weight is 255 g/mol. The van der Waals surface area contributed by atoms with E-state index in [-0.39, 0.29) is 0 Å². The summed E-state index contributed by atoms with van der Waals surface area (Å²) in [5.41, 5.74) is 6.29. The molecule has 20 heavy (non-hydrogen) atoms. The number of aryl methyl sites for hydroxylation is 1. The predicted molar refractivity (Wildman–Crippen MR) is 85.2 cm³/mol. The molecule has 0 saturated heterocycles. The molecule has 2 aromatic carbocycles. The molecule has 3 aromatic rings. The van der Waals surface area contributed by atoms with Crippen molar-refractivity contribution in [2.45, 2.75) is 6.92 Å². The maximum Gasteiger partial charge on any atom is 0.142 e. The third kappa shape index (κ3) is 2.50. The van der Waals surface area contributed by atoms with Crippen LogP contribution >= 0.6 is 0 Å². The Morgan fingerprint density at radius 2 is 1.30 bits per heavy atom. The normalized spacial score (nSPS) is 10.4. The molecule has 0 N–H and O–H groups in total. The Morgan fingerprint density at radius 1 is 0.750 bits per heavy atom. The van der Waals surface area contributed by atoms with Gasteiger partial charge in [0.1, 0.15) is 7.85 Å². The number of hydrogen-bond donors (Lipinski definition) is 0.